The predicted molar refractivity (Wildman–Crippen MR) is 144 cm³/mol. The summed E-state index contributed by atoms with van der Waals surface area (Å²) in [6.07, 6.45) is 0.526. The van der Waals surface area contributed by atoms with E-state index in [9.17, 15) is 9.59 Å². The smallest absolute Gasteiger partial charge is 0.262 e. The van der Waals surface area contributed by atoms with Crippen LogP contribution in [-0.2, 0) is 9.53 Å². The Balaban J connectivity index is 1.65. The number of hydrogen-bond acceptors (Lipinski definition) is 7. The SMILES string of the molecule is COCCN(CC(=O)N1N=C(c2cccs2)C[C@@H]1c1ccc(OC)c(OC)c1)C(=O)c1ccccc1Cl. The Kier molecular flexibility index (Phi) is 8.81. The fourth-order valence-electron chi connectivity index (χ4n) is 4.15. The van der Waals surface area contributed by atoms with Gasteiger partial charge in [-0.3, -0.25) is 9.59 Å². The molecular formula is C27H28ClN3O5S. The monoisotopic (exact) mass is 541 g/mol. The van der Waals surface area contributed by atoms with Gasteiger partial charge in [0, 0.05) is 20.1 Å². The van der Waals surface area contributed by atoms with Gasteiger partial charge in [-0.2, -0.15) is 5.10 Å². The van der Waals surface area contributed by atoms with Gasteiger partial charge in [0.1, 0.15) is 6.54 Å². The van der Waals surface area contributed by atoms with Gasteiger partial charge in [0.25, 0.3) is 11.8 Å². The highest BCUT2D eigenvalue weighted by molar-refractivity contribution is 7.12. The summed E-state index contributed by atoms with van der Waals surface area (Å²) in [4.78, 5) is 29.5. The van der Waals surface area contributed by atoms with Crippen LogP contribution in [0, 0.1) is 0 Å². The maximum absolute atomic E-state index is 13.7. The van der Waals surface area contributed by atoms with Crippen LogP contribution >= 0.6 is 22.9 Å². The number of ether oxygens (including phenoxy) is 3. The van der Waals surface area contributed by atoms with E-state index >= 15 is 0 Å². The Morgan fingerprint density at radius 1 is 1.08 bits per heavy atom. The minimum Gasteiger partial charge on any atom is -0.493 e. The molecule has 194 valence electrons. The maximum atomic E-state index is 13.7. The number of methoxy groups -OCH3 is 3. The average molecular weight is 542 g/mol. The first-order valence-corrected chi connectivity index (χ1v) is 12.9. The van der Waals surface area contributed by atoms with Crippen LogP contribution in [0.1, 0.15) is 33.3 Å². The fourth-order valence-corrected chi connectivity index (χ4v) is 5.08. The fraction of sp³-hybridized carbons (Fsp3) is 0.296. The Hall–Kier alpha value is -3.40. The number of carbonyl (C=O) groups excluding carboxylic acids is 2. The Morgan fingerprint density at radius 2 is 1.86 bits per heavy atom. The third kappa shape index (κ3) is 5.95. The zero-order valence-electron chi connectivity index (χ0n) is 20.8. The molecule has 1 aliphatic heterocycles. The van der Waals surface area contributed by atoms with Gasteiger partial charge < -0.3 is 19.1 Å². The lowest BCUT2D eigenvalue weighted by molar-refractivity contribution is -0.133. The van der Waals surface area contributed by atoms with Crippen molar-refractivity contribution >= 4 is 40.5 Å². The van der Waals surface area contributed by atoms with E-state index < -0.39 is 0 Å². The number of hydrazone groups is 1. The molecule has 0 unspecified atom stereocenters. The number of amides is 2. The van der Waals surface area contributed by atoms with Gasteiger partial charge in [0.2, 0.25) is 0 Å². The van der Waals surface area contributed by atoms with Crippen molar-refractivity contribution in [2.75, 3.05) is 41.0 Å². The number of halogens is 1. The zero-order chi connectivity index (χ0) is 26.4. The van der Waals surface area contributed by atoms with E-state index in [4.69, 9.17) is 30.9 Å². The van der Waals surface area contributed by atoms with Gasteiger partial charge in [-0.1, -0.05) is 35.9 Å². The number of carbonyl (C=O) groups is 2. The third-order valence-electron chi connectivity index (χ3n) is 6.05. The van der Waals surface area contributed by atoms with Crippen LogP contribution in [0.2, 0.25) is 5.02 Å². The lowest BCUT2D eigenvalue weighted by atomic mass is 10.0. The van der Waals surface area contributed by atoms with E-state index in [-0.39, 0.29) is 37.6 Å². The summed E-state index contributed by atoms with van der Waals surface area (Å²) in [6.45, 7) is 0.313. The highest BCUT2D eigenvalue weighted by atomic mass is 35.5. The molecule has 0 saturated heterocycles. The van der Waals surface area contributed by atoms with Crippen LogP contribution in [0.15, 0.2) is 65.1 Å². The zero-order valence-corrected chi connectivity index (χ0v) is 22.4. The molecule has 3 aromatic rings. The third-order valence-corrected chi connectivity index (χ3v) is 7.30. The summed E-state index contributed by atoms with van der Waals surface area (Å²) in [7, 11) is 4.69. The molecule has 0 radical (unpaired) electrons. The van der Waals surface area contributed by atoms with Gasteiger partial charge in [0.15, 0.2) is 11.5 Å². The number of hydrogen-bond donors (Lipinski definition) is 0. The van der Waals surface area contributed by atoms with E-state index in [1.165, 1.54) is 9.91 Å². The van der Waals surface area contributed by atoms with Crippen LogP contribution in [0.25, 0.3) is 0 Å². The van der Waals surface area contributed by atoms with Crippen molar-refractivity contribution in [2.24, 2.45) is 5.10 Å². The average Bonchev–Trinajstić information content (AvgIpc) is 3.61. The number of thiophene rings is 1. The summed E-state index contributed by atoms with van der Waals surface area (Å²) in [5.74, 6) is 0.494. The molecule has 37 heavy (non-hydrogen) atoms. The molecule has 2 heterocycles. The minimum absolute atomic E-state index is 0.182. The van der Waals surface area contributed by atoms with Crippen molar-refractivity contribution in [3.8, 4) is 11.5 Å². The van der Waals surface area contributed by atoms with Crippen molar-refractivity contribution in [2.45, 2.75) is 12.5 Å². The van der Waals surface area contributed by atoms with Crippen molar-refractivity contribution in [3.63, 3.8) is 0 Å². The highest BCUT2D eigenvalue weighted by Crippen LogP contribution is 2.38. The van der Waals surface area contributed by atoms with Crippen molar-refractivity contribution in [3.05, 3.63) is 81.0 Å². The first-order valence-electron chi connectivity index (χ1n) is 11.6. The maximum Gasteiger partial charge on any atom is 0.262 e. The Bertz CT molecular complexity index is 1280. The molecule has 10 heteroatoms. The second-order valence-electron chi connectivity index (χ2n) is 8.30. The molecule has 0 N–H and O–H groups in total. The standard InChI is InChI=1S/C27H28ClN3O5S/c1-34-13-12-30(27(33)19-7-4-5-8-20(19)28)17-26(32)31-22(16-21(29-31)25-9-6-14-37-25)18-10-11-23(35-2)24(15-18)36-3/h4-11,14-15,22H,12-13,16-17H2,1-3H3/t22-/m1/s1. The number of benzene rings is 2. The second kappa shape index (κ2) is 12.2. The van der Waals surface area contributed by atoms with Gasteiger partial charge in [0.05, 0.1) is 48.0 Å². The highest BCUT2D eigenvalue weighted by Gasteiger charge is 2.35. The molecule has 0 saturated carbocycles. The molecule has 2 aromatic carbocycles. The van der Waals surface area contributed by atoms with Crippen LogP contribution in [0.5, 0.6) is 11.5 Å². The molecular weight excluding hydrogens is 514 g/mol. The molecule has 0 bridgehead atoms. The number of rotatable bonds is 10. The lowest BCUT2D eigenvalue weighted by Crippen LogP contribution is -2.42. The van der Waals surface area contributed by atoms with Crippen molar-refractivity contribution in [1.29, 1.82) is 0 Å². The van der Waals surface area contributed by atoms with Gasteiger partial charge in [-0.25, -0.2) is 5.01 Å². The summed E-state index contributed by atoms with van der Waals surface area (Å²) < 4.78 is 16.1. The predicted octanol–water partition coefficient (Wildman–Crippen LogP) is 4.89. The molecule has 0 spiro atoms. The summed E-state index contributed by atoms with van der Waals surface area (Å²) in [5.41, 5.74) is 1.99. The number of nitrogens with zero attached hydrogens (tertiary/aromatic N) is 3. The second-order valence-corrected chi connectivity index (χ2v) is 9.65. The van der Waals surface area contributed by atoms with Gasteiger partial charge in [-0.15, -0.1) is 11.3 Å². The van der Waals surface area contributed by atoms with Crippen molar-refractivity contribution in [1.82, 2.24) is 9.91 Å². The molecule has 1 atom stereocenters. The molecule has 0 aliphatic carbocycles. The van der Waals surface area contributed by atoms with E-state index in [2.05, 4.69) is 0 Å². The largest absolute Gasteiger partial charge is 0.493 e. The minimum atomic E-state index is -0.371. The molecule has 1 aromatic heterocycles. The summed E-state index contributed by atoms with van der Waals surface area (Å²) in [5, 5.41) is 8.48. The first kappa shape index (κ1) is 26.7. The quantitative estimate of drug-likeness (QED) is 0.365. The van der Waals surface area contributed by atoms with Crippen LogP contribution in [0.3, 0.4) is 0 Å². The lowest BCUT2D eigenvalue weighted by Gasteiger charge is -2.27. The van der Waals surface area contributed by atoms with Crippen molar-refractivity contribution < 1.29 is 23.8 Å². The summed E-state index contributed by atoms with van der Waals surface area (Å²) in [6, 6.07) is 15.9. The van der Waals surface area contributed by atoms with Crippen LogP contribution in [-0.4, -0.2) is 68.5 Å². The molecule has 2 amide bonds. The first-order chi connectivity index (χ1) is 18.0. The summed E-state index contributed by atoms with van der Waals surface area (Å²) >= 11 is 7.84. The normalized spacial score (nSPS) is 14.9. The van der Waals surface area contributed by atoms with Crippen LogP contribution in [0.4, 0.5) is 0 Å². The molecule has 8 nitrogen and oxygen atoms in total. The van der Waals surface area contributed by atoms with Gasteiger partial charge >= 0.3 is 0 Å². The van der Waals surface area contributed by atoms with E-state index in [1.54, 1.807) is 56.9 Å². The van der Waals surface area contributed by atoms with E-state index in [0.717, 1.165) is 16.2 Å². The van der Waals surface area contributed by atoms with Gasteiger partial charge in [-0.05, 0) is 41.3 Å². The Labute approximate surface area is 225 Å². The van der Waals surface area contributed by atoms with E-state index in [1.807, 2.05) is 35.7 Å². The molecule has 4 rings (SSSR count). The molecule has 0 fully saturated rings. The van der Waals surface area contributed by atoms with E-state index in [0.29, 0.717) is 28.5 Å². The topological polar surface area (TPSA) is 80.7 Å². The Morgan fingerprint density at radius 3 is 2.54 bits per heavy atom. The molecule has 1 aliphatic rings. The van der Waals surface area contributed by atoms with Crippen LogP contribution < -0.4 is 9.47 Å².